The third-order valence-corrected chi connectivity index (χ3v) is 3.83. The molecule has 0 bridgehead atoms. The van der Waals surface area contributed by atoms with Crippen molar-refractivity contribution >= 4 is 5.91 Å². The van der Waals surface area contributed by atoms with Gasteiger partial charge in [0.05, 0.1) is 20.2 Å². The van der Waals surface area contributed by atoms with Gasteiger partial charge in [0.2, 0.25) is 0 Å². The Morgan fingerprint density at radius 2 is 1.85 bits per heavy atom. The van der Waals surface area contributed by atoms with Gasteiger partial charge in [-0.3, -0.25) is 9.48 Å². The Balaban J connectivity index is 1.46. The van der Waals surface area contributed by atoms with Crippen molar-refractivity contribution in [2.45, 2.75) is 6.54 Å². The molecule has 0 fully saturated rings. The van der Waals surface area contributed by atoms with Gasteiger partial charge in [0.1, 0.15) is 6.61 Å². The van der Waals surface area contributed by atoms with Crippen LogP contribution in [-0.4, -0.2) is 35.9 Å². The molecule has 1 amide bonds. The molecule has 26 heavy (non-hydrogen) atoms. The quantitative estimate of drug-likeness (QED) is 0.634. The maximum absolute atomic E-state index is 12.2. The van der Waals surface area contributed by atoms with Crippen LogP contribution >= 0.6 is 0 Å². The molecule has 6 nitrogen and oxygen atoms in total. The Kier molecular flexibility index (Phi) is 5.88. The van der Waals surface area contributed by atoms with E-state index in [4.69, 9.17) is 9.47 Å². The second-order valence-corrected chi connectivity index (χ2v) is 5.66. The summed E-state index contributed by atoms with van der Waals surface area (Å²) in [7, 11) is 1.60. The first-order valence-electron chi connectivity index (χ1n) is 8.36. The topological polar surface area (TPSA) is 65.4 Å². The number of ether oxygens (including phenoxy) is 2. The van der Waals surface area contributed by atoms with Crippen LogP contribution in [-0.2, 0) is 6.54 Å². The predicted octanol–water partition coefficient (Wildman–Crippen LogP) is 2.75. The van der Waals surface area contributed by atoms with Crippen LogP contribution in [0, 0.1) is 0 Å². The molecule has 0 unspecified atom stereocenters. The zero-order chi connectivity index (χ0) is 18.2. The van der Waals surface area contributed by atoms with Crippen LogP contribution in [0.4, 0.5) is 0 Å². The Morgan fingerprint density at radius 1 is 1.08 bits per heavy atom. The zero-order valence-electron chi connectivity index (χ0n) is 14.6. The fourth-order valence-corrected chi connectivity index (χ4v) is 2.51. The number of nitrogens with one attached hydrogen (secondary N) is 1. The number of carbonyl (C=O) groups excluding carboxylic acids is 1. The van der Waals surface area contributed by atoms with Crippen LogP contribution < -0.4 is 14.8 Å². The number of methoxy groups -OCH3 is 1. The SMILES string of the molecule is COc1ccccc1OCCNC(=O)c1ccc(Cn2cccn2)cc1. The van der Waals surface area contributed by atoms with Crippen LogP contribution in [0.15, 0.2) is 67.0 Å². The van der Waals surface area contributed by atoms with Crippen molar-refractivity contribution in [3.63, 3.8) is 0 Å². The van der Waals surface area contributed by atoms with Crippen molar-refractivity contribution in [2.24, 2.45) is 0 Å². The van der Waals surface area contributed by atoms with E-state index in [1.807, 2.05) is 65.5 Å². The fourth-order valence-electron chi connectivity index (χ4n) is 2.51. The molecule has 134 valence electrons. The van der Waals surface area contributed by atoms with Gasteiger partial charge in [-0.25, -0.2) is 0 Å². The largest absolute Gasteiger partial charge is 0.493 e. The summed E-state index contributed by atoms with van der Waals surface area (Å²) in [6.45, 7) is 1.46. The summed E-state index contributed by atoms with van der Waals surface area (Å²) >= 11 is 0. The van der Waals surface area contributed by atoms with Crippen molar-refractivity contribution < 1.29 is 14.3 Å². The first kappa shape index (κ1) is 17.5. The minimum atomic E-state index is -0.126. The molecule has 2 aromatic carbocycles. The summed E-state index contributed by atoms with van der Waals surface area (Å²) in [6, 6.07) is 16.8. The number of para-hydroxylation sites is 2. The van der Waals surface area contributed by atoms with Gasteiger partial charge >= 0.3 is 0 Å². The Morgan fingerprint density at radius 3 is 2.54 bits per heavy atom. The van der Waals surface area contributed by atoms with Crippen molar-refractivity contribution in [3.05, 3.63) is 78.1 Å². The summed E-state index contributed by atoms with van der Waals surface area (Å²) < 4.78 is 12.7. The number of aromatic nitrogens is 2. The summed E-state index contributed by atoms with van der Waals surface area (Å²) in [5.41, 5.74) is 1.70. The molecule has 0 aliphatic carbocycles. The maximum Gasteiger partial charge on any atom is 0.251 e. The molecule has 3 aromatic rings. The van der Waals surface area contributed by atoms with Crippen LogP contribution in [0.5, 0.6) is 11.5 Å². The molecule has 0 saturated heterocycles. The molecule has 6 heteroatoms. The van der Waals surface area contributed by atoms with Crippen molar-refractivity contribution in [3.8, 4) is 11.5 Å². The third kappa shape index (κ3) is 4.63. The van der Waals surface area contributed by atoms with Gasteiger partial charge in [-0.2, -0.15) is 5.10 Å². The first-order valence-corrected chi connectivity index (χ1v) is 8.36. The average molecular weight is 351 g/mol. The molecule has 0 aliphatic heterocycles. The van der Waals surface area contributed by atoms with E-state index in [9.17, 15) is 4.79 Å². The van der Waals surface area contributed by atoms with Gasteiger partial charge in [-0.15, -0.1) is 0 Å². The molecule has 0 radical (unpaired) electrons. The van der Waals surface area contributed by atoms with E-state index in [0.29, 0.717) is 36.8 Å². The van der Waals surface area contributed by atoms with Gasteiger partial charge < -0.3 is 14.8 Å². The molecule has 0 spiro atoms. The molecule has 1 aromatic heterocycles. The number of carbonyl (C=O) groups is 1. The van der Waals surface area contributed by atoms with E-state index < -0.39 is 0 Å². The molecule has 0 aliphatic rings. The second-order valence-electron chi connectivity index (χ2n) is 5.66. The van der Waals surface area contributed by atoms with E-state index in [0.717, 1.165) is 5.56 Å². The standard InChI is InChI=1S/C20H21N3O3/c1-25-18-5-2-3-6-19(18)26-14-12-21-20(24)17-9-7-16(8-10-17)15-23-13-4-11-22-23/h2-11,13H,12,14-15H2,1H3,(H,21,24). The van der Waals surface area contributed by atoms with Gasteiger partial charge in [-0.1, -0.05) is 24.3 Å². The molecular weight excluding hydrogens is 330 g/mol. The molecule has 1 heterocycles. The van der Waals surface area contributed by atoms with Crippen LogP contribution in [0.1, 0.15) is 15.9 Å². The van der Waals surface area contributed by atoms with Crippen molar-refractivity contribution in [1.82, 2.24) is 15.1 Å². The van der Waals surface area contributed by atoms with Crippen LogP contribution in [0.25, 0.3) is 0 Å². The van der Waals surface area contributed by atoms with E-state index >= 15 is 0 Å². The highest BCUT2D eigenvalue weighted by molar-refractivity contribution is 5.94. The van der Waals surface area contributed by atoms with Gasteiger partial charge in [0, 0.05) is 18.0 Å². The maximum atomic E-state index is 12.2. The van der Waals surface area contributed by atoms with Crippen molar-refractivity contribution in [1.29, 1.82) is 0 Å². The van der Waals surface area contributed by atoms with E-state index in [1.54, 1.807) is 13.3 Å². The number of amides is 1. The molecular formula is C20H21N3O3. The molecule has 1 N–H and O–H groups in total. The van der Waals surface area contributed by atoms with E-state index in [-0.39, 0.29) is 5.91 Å². The minimum absolute atomic E-state index is 0.126. The number of benzene rings is 2. The molecule has 0 saturated carbocycles. The first-order chi connectivity index (χ1) is 12.8. The Bertz CT molecular complexity index is 830. The summed E-state index contributed by atoms with van der Waals surface area (Å²) in [5, 5.41) is 7.02. The average Bonchev–Trinajstić information content (AvgIpc) is 3.19. The van der Waals surface area contributed by atoms with Crippen molar-refractivity contribution in [2.75, 3.05) is 20.3 Å². The summed E-state index contributed by atoms with van der Waals surface area (Å²) in [5.74, 6) is 1.21. The highest BCUT2D eigenvalue weighted by Crippen LogP contribution is 2.25. The lowest BCUT2D eigenvalue weighted by molar-refractivity contribution is 0.0947. The van der Waals surface area contributed by atoms with Crippen LogP contribution in [0.2, 0.25) is 0 Å². The fraction of sp³-hybridized carbons (Fsp3) is 0.200. The summed E-state index contributed by atoms with van der Waals surface area (Å²) in [6.07, 6.45) is 3.65. The zero-order valence-corrected chi connectivity index (χ0v) is 14.6. The second kappa shape index (κ2) is 8.71. The lowest BCUT2D eigenvalue weighted by Crippen LogP contribution is -2.28. The Labute approximate surface area is 152 Å². The highest BCUT2D eigenvalue weighted by Gasteiger charge is 2.06. The molecule has 3 rings (SSSR count). The number of hydrogen-bond donors (Lipinski definition) is 1. The van der Waals surface area contributed by atoms with Gasteiger partial charge in [0.25, 0.3) is 5.91 Å². The van der Waals surface area contributed by atoms with Crippen LogP contribution in [0.3, 0.4) is 0 Å². The van der Waals surface area contributed by atoms with Gasteiger partial charge in [0.15, 0.2) is 11.5 Å². The lowest BCUT2D eigenvalue weighted by Gasteiger charge is -2.11. The lowest BCUT2D eigenvalue weighted by atomic mass is 10.1. The number of rotatable bonds is 8. The number of nitrogens with zero attached hydrogens (tertiary/aromatic N) is 2. The minimum Gasteiger partial charge on any atom is -0.493 e. The monoisotopic (exact) mass is 351 g/mol. The smallest absolute Gasteiger partial charge is 0.251 e. The number of hydrogen-bond acceptors (Lipinski definition) is 4. The highest BCUT2D eigenvalue weighted by atomic mass is 16.5. The normalized spacial score (nSPS) is 10.3. The summed E-state index contributed by atoms with van der Waals surface area (Å²) in [4.78, 5) is 12.2. The van der Waals surface area contributed by atoms with E-state index in [2.05, 4.69) is 10.4 Å². The Hall–Kier alpha value is -3.28. The van der Waals surface area contributed by atoms with E-state index in [1.165, 1.54) is 0 Å². The predicted molar refractivity (Wildman–Crippen MR) is 98.6 cm³/mol. The molecule has 0 atom stereocenters. The third-order valence-electron chi connectivity index (χ3n) is 3.83. The van der Waals surface area contributed by atoms with Gasteiger partial charge in [-0.05, 0) is 35.9 Å².